The van der Waals surface area contributed by atoms with Crippen molar-refractivity contribution in [3.05, 3.63) is 52.3 Å². The molecule has 0 saturated heterocycles. The fourth-order valence-electron chi connectivity index (χ4n) is 2.66. The first-order valence-corrected chi connectivity index (χ1v) is 8.09. The van der Waals surface area contributed by atoms with Crippen LogP contribution in [0.2, 0.25) is 5.02 Å². The van der Waals surface area contributed by atoms with E-state index >= 15 is 0 Å². The van der Waals surface area contributed by atoms with E-state index in [2.05, 4.69) is 29.2 Å². The molecule has 4 nitrogen and oxygen atoms in total. The summed E-state index contributed by atoms with van der Waals surface area (Å²) in [5, 5.41) is 14.4. The molecule has 1 aromatic heterocycles. The highest BCUT2D eigenvalue weighted by atomic mass is 35.5. The summed E-state index contributed by atoms with van der Waals surface area (Å²) >= 11 is 6.07. The predicted octanol–water partition coefficient (Wildman–Crippen LogP) is 3.02. The van der Waals surface area contributed by atoms with Crippen LogP contribution in [-0.4, -0.2) is 32.9 Å². The van der Waals surface area contributed by atoms with Gasteiger partial charge >= 0.3 is 0 Å². The van der Waals surface area contributed by atoms with Crippen molar-refractivity contribution < 1.29 is 5.11 Å². The Morgan fingerprint density at radius 2 is 2.14 bits per heavy atom. The van der Waals surface area contributed by atoms with Gasteiger partial charge in [0.2, 0.25) is 0 Å². The highest BCUT2D eigenvalue weighted by molar-refractivity contribution is 6.30. The molecule has 1 aromatic carbocycles. The lowest BCUT2D eigenvalue weighted by molar-refractivity contribution is 0.212. The fraction of sp³-hybridized carbons (Fsp3) is 0.471. The number of aliphatic hydroxyl groups excluding tert-OH is 1. The van der Waals surface area contributed by atoms with Crippen LogP contribution in [-0.2, 0) is 26.6 Å². The van der Waals surface area contributed by atoms with Crippen molar-refractivity contribution in [2.45, 2.75) is 32.9 Å². The minimum absolute atomic E-state index is 0.208. The molecule has 0 aliphatic rings. The molecule has 120 valence electrons. The number of aromatic nitrogens is 2. The summed E-state index contributed by atoms with van der Waals surface area (Å²) in [4.78, 5) is 2.33. The van der Waals surface area contributed by atoms with Crippen molar-refractivity contribution in [3.63, 3.8) is 0 Å². The number of nitrogens with zero attached hydrogens (tertiary/aromatic N) is 3. The molecule has 0 radical (unpaired) electrons. The Bertz CT molecular complexity index is 597. The largest absolute Gasteiger partial charge is 0.396 e. The van der Waals surface area contributed by atoms with E-state index < -0.39 is 0 Å². The normalized spacial score (nSPS) is 11.3. The van der Waals surface area contributed by atoms with Gasteiger partial charge in [-0.25, -0.2) is 0 Å². The van der Waals surface area contributed by atoms with Crippen molar-refractivity contribution in [3.8, 4) is 0 Å². The molecule has 22 heavy (non-hydrogen) atoms. The lowest BCUT2D eigenvalue weighted by Crippen LogP contribution is -2.25. The van der Waals surface area contributed by atoms with E-state index in [0.717, 1.165) is 43.2 Å². The average molecular weight is 322 g/mol. The Balaban J connectivity index is 2.11. The third kappa shape index (κ3) is 4.83. The molecule has 0 spiro atoms. The quantitative estimate of drug-likeness (QED) is 0.812. The molecule has 0 fully saturated rings. The van der Waals surface area contributed by atoms with E-state index in [9.17, 15) is 0 Å². The van der Waals surface area contributed by atoms with Gasteiger partial charge in [-0.05, 0) is 30.5 Å². The van der Waals surface area contributed by atoms with Crippen molar-refractivity contribution in [1.29, 1.82) is 0 Å². The molecule has 0 saturated carbocycles. The maximum atomic E-state index is 9.13. The lowest BCUT2D eigenvalue weighted by atomic mass is 10.1. The Hall–Kier alpha value is -1.36. The fourth-order valence-corrected chi connectivity index (χ4v) is 2.87. The van der Waals surface area contributed by atoms with Gasteiger partial charge in [0.15, 0.2) is 0 Å². The molecule has 0 amide bonds. The monoisotopic (exact) mass is 321 g/mol. The first kappa shape index (κ1) is 17.0. The van der Waals surface area contributed by atoms with E-state index in [1.165, 1.54) is 11.1 Å². The number of rotatable bonds is 8. The van der Waals surface area contributed by atoms with Crippen LogP contribution in [0.15, 0.2) is 30.5 Å². The number of halogens is 1. The van der Waals surface area contributed by atoms with Gasteiger partial charge in [-0.3, -0.25) is 9.58 Å². The van der Waals surface area contributed by atoms with Crippen LogP contribution in [0.3, 0.4) is 0 Å². The van der Waals surface area contributed by atoms with Crippen molar-refractivity contribution in [2.75, 3.05) is 13.2 Å². The molecule has 1 heterocycles. The van der Waals surface area contributed by atoms with E-state index in [0.29, 0.717) is 0 Å². The van der Waals surface area contributed by atoms with Crippen LogP contribution in [0.4, 0.5) is 0 Å². The van der Waals surface area contributed by atoms with Crippen LogP contribution in [0.1, 0.15) is 30.2 Å². The Labute approximate surface area is 137 Å². The number of aliphatic hydroxyl groups is 1. The minimum atomic E-state index is 0.208. The molecule has 0 bridgehead atoms. The molecule has 5 heteroatoms. The van der Waals surface area contributed by atoms with Gasteiger partial charge in [0.25, 0.3) is 0 Å². The zero-order chi connectivity index (χ0) is 15.9. The van der Waals surface area contributed by atoms with E-state index in [1.54, 1.807) is 0 Å². The second kappa shape index (κ2) is 8.32. The van der Waals surface area contributed by atoms with Gasteiger partial charge in [0.05, 0.1) is 5.69 Å². The summed E-state index contributed by atoms with van der Waals surface area (Å²) in [7, 11) is 1.96. The maximum absolute atomic E-state index is 9.13. The molecule has 1 N–H and O–H groups in total. The Morgan fingerprint density at radius 3 is 2.82 bits per heavy atom. The number of hydrogen-bond donors (Lipinski definition) is 1. The SMILES string of the molecule is CCc1nn(C)cc1CN(CCCO)Cc1cccc(Cl)c1. The summed E-state index contributed by atoms with van der Waals surface area (Å²) in [6, 6.07) is 7.95. The Morgan fingerprint density at radius 1 is 1.32 bits per heavy atom. The molecular weight excluding hydrogens is 298 g/mol. The zero-order valence-corrected chi connectivity index (χ0v) is 14.1. The zero-order valence-electron chi connectivity index (χ0n) is 13.3. The second-order valence-corrected chi connectivity index (χ2v) is 5.98. The smallest absolute Gasteiger partial charge is 0.0666 e. The van der Waals surface area contributed by atoms with E-state index in [1.807, 2.05) is 29.9 Å². The summed E-state index contributed by atoms with van der Waals surface area (Å²) in [5.74, 6) is 0. The molecule has 0 unspecified atom stereocenters. The molecule has 0 aliphatic heterocycles. The van der Waals surface area contributed by atoms with Crippen molar-refractivity contribution in [2.24, 2.45) is 7.05 Å². The molecule has 0 atom stereocenters. The van der Waals surface area contributed by atoms with Crippen LogP contribution in [0.25, 0.3) is 0 Å². The predicted molar refractivity (Wildman–Crippen MR) is 89.9 cm³/mol. The number of benzene rings is 1. The number of hydrogen-bond acceptors (Lipinski definition) is 3. The van der Waals surface area contributed by atoms with Crippen LogP contribution in [0, 0.1) is 0 Å². The van der Waals surface area contributed by atoms with E-state index in [4.69, 9.17) is 16.7 Å². The molecule has 2 aromatic rings. The highest BCUT2D eigenvalue weighted by Crippen LogP contribution is 2.16. The van der Waals surface area contributed by atoms with Gasteiger partial charge in [-0.15, -0.1) is 0 Å². The highest BCUT2D eigenvalue weighted by Gasteiger charge is 2.12. The summed E-state index contributed by atoms with van der Waals surface area (Å²) in [5.41, 5.74) is 3.58. The van der Waals surface area contributed by atoms with Gasteiger partial charge in [-0.1, -0.05) is 30.7 Å². The van der Waals surface area contributed by atoms with Crippen LogP contribution in [0.5, 0.6) is 0 Å². The summed E-state index contributed by atoms with van der Waals surface area (Å²) < 4.78 is 1.87. The Kier molecular flexibility index (Phi) is 6.43. The van der Waals surface area contributed by atoms with Gasteiger partial charge in [0.1, 0.15) is 0 Å². The van der Waals surface area contributed by atoms with E-state index in [-0.39, 0.29) is 6.61 Å². The topological polar surface area (TPSA) is 41.3 Å². The van der Waals surface area contributed by atoms with Gasteiger partial charge < -0.3 is 5.11 Å². The lowest BCUT2D eigenvalue weighted by Gasteiger charge is -2.22. The van der Waals surface area contributed by atoms with Crippen molar-refractivity contribution >= 4 is 11.6 Å². The third-order valence-corrected chi connectivity index (χ3v) is 3.88. The molecule has 2 rings (SSSR count). The molecule has 0 aliphatic carbocycles. The summed E-state index contributed by atoms with van der Waals surface area (Å²) in [6.07, 6.45) is 3.78. The van der Waals surface area contributed by atoms with Crippen molar-refractivity contribution in [1.82, 2.24) is 14.7 Å². The standard InChI is InChI=1S/C17H24ClN3O/c1-3-17-15(12-20(2)19-17)13-21(8-5-9-22)11-14-6-4-7-16(18)10-14/h4,6-7,10,12,22H,3,5,8-9,11,13H2,1-2H3. The summed E-state index contributed by atoms with van der Waals surface area (Å²) in [6.45, 7) is 4.84. The average Bonchev–Trinajstić information content (AvgIpc) is 2.84. The minimum Gasteiger partial charge on any atom is -0.396 e. The van der Waals surface area contributed by atoms with Gasteiger partial charge in [-0.2, -0.15) is 5.10 Å². The van der Waals surface area contributed by atoms with Crippen LogP contribution >= 0.6 is 11.6 Å². The maximum Gasteiger partial charge on any atom is 0.0666 e. The first-order chi connectivity index (χ1) is 10.6. The molecular formula is C17H24ClN3O. The number of aryl methyl sites for hydroxylation is 2. The third-order valence-electron chi connectivity index (χ3n) is 3.65. The van der Waals surface area contributed by atoms with Gasteiger partial charge in [0, 0.05) is 50.1 Å². The second-order valence-electron chi connectivity index (χ2n) is 5.55. The first-order valence-electron chi connectivity index (χ1n) is 7.71. The van der Waals surface area contributed by atoms with Crippen LogP contribution < -0.4 is 0 Å².